The maximum absolute atomic E-state index is 12.3. The molecule has 0 aliphatic heterocycles. The molecule has 1 fully saturated rings. The predicted molar refractivity (Wildman–Crippen MR) is 101 cm³/mol. The van der Waals surface area contributed by atoms with Gasteiger partial charge in [0.25, 0.3) is 11.8 Å². The largest absolute Gasteiger partial charge is 0.333 e. The third-order valence-corrected chi connectivity index (χ3v) is 5.32. The van der Waals surface area contributed by atoms with Crippen LogP contribution in [0.15, 0.2) is 40.5 Å². The van der Waals surface area contributed by atoms with Crippen LogP contribution >= 0.6 is 23.7 Å². The highest BCUT2D eigenvalue weighted by Gasteiger charge is 2.36. The summed E-state index contributed by atoms with van der Waals surface area (Å²) >= 11 is 1.43. The SMILES string of the molecule is Cl.NC1(c2noc(-c3sccc3NC(=O)c3ccncc3)n2)CCCC1. The lowest BCUT2D eigenvalue weighted by Crippen LogP contribution is -2.34. The summed E-state index contributed by atoms with van der Waals surface area (Å²) in [6.07, 6.45) is 7.04. The Morgan fingerprint density at radius 1 is 1.23 bits per heavy atom. The lowest BCUT2D eigenvalue weighted by molar-refractivity contribution is 0.102. The van der Waals surface area contributed by atoms with E-state index >= 15 is 0 Å². The summed E-state index contributed by atoms with van der Waals surface area (Å²) in [7, 11) is 0. The molecule has 0 unspecified atom stereocenters. The molecule has 26 heavy (non-hydrogen) atoms. The quantitative estimate of drug-likeness (QED) is 0.703. The first kappa shape index (κ1) is 18.5. The molecule has 0 saturated heterocycles. The van der Waals surface area contributed by atoms with Crippen LogP contribution in [0.1, 0.15) is 41.9 Å². The molecule has 1 aliphatic carbocycles. The molecule has 3 heterocycles. The predicted octanol–water partition coefficient (Wildman–Crippen LogP) is 3.60. The summed E-state index contributed by atoms with van der Waals surface area (Å²) < 4.78 is 5.42. The second kappa shape index (κ2) is 7.53. The molecule has 1 aliphatic rings. The minimum atomic E-state index is -0.501. The van der Waals surface area contributed by atoms with E-state index in [4.69, 9.17) is 10.3 Å². The Morgan fingerprint density at radius 2 is 1.96 bits per heavy atom. The molecule has 3 aromatic rings. The Labute approximate surface area is 160 Å². The van der Waals surface area contributed by atoms with E-state index in [0.29, 0.717) is 23.0 Å². The number of aromatic nitrogens is 3. The Balaban J connectivity index is 0.00000196. The van der Waals surface area contributed by atoms with Crippen LogP contribution in [0.5, 0.6) is 0 Å². The molecule has 3 aromatic heterocycles. The molecule has 0 aromatic carbocycles. The second-order valence-electron chi connectivity index (χ2n) is 6.14. The maximum atomic E-state index is 12.3. The van der Waals surface area contributed by atoms with Gasteiger partial charge in [-0.3, -0.25) is 9.78 Å². The zero-order chi connectivity index (χ0) is 17.3. The molecule has 7 nitrogen and oxygen atoms in total. The number of rotatable bonds is 4. The van der Waals surface area contributed by atoms with Gasteiger partial charge in [0, 0.05) is 18.0 Å². The first-order valence-electron chi connectivity index (χ1n) is 8.08. The second-order valence-corrected chi connectivity index (χ2v) is 7.06. The highest BCUT2D eigenvalue weighted by molar-refractivity contribution is 7.14. The number of nitrogens with zero attached hydrogens (tertiary/aromatic N) is 3. The van der Waals surface area contributed by atoms with Gasteiger partial charge < -0.3 is 15.6 Å². The topological polar surface area (TPSA) is 107 Å². The van der Waals surface area contributed by atoms with Crippen LogP contribution in [0, 0.1) is 0 Å². The molecular formula is C17H18ClN5O2S. The first-order chi connectivity index (χ1) is 12.2. The van der Waals surface area contributed by atoms with Gasteiger partial charge in [-0.15, -0.1) is 23.7 Å². The summed E-state index contributed by atoms with van der Waals surface area (Å²) in [5.74, 6) is 0.708. The van der Waals surface area contributed by atoms with Gasteiger partial charge in [-0.1, -0.05) is 18.0 Å². The number of thiophene rings is 1. The average Bonchev–Trinajstić information content (AvgIpc) is 3.36. The van der Waals surface area contributed by atoms with Gasteiger partial charge in [-0.05, 0) is 36.4 Å². The first-order valence-corrected chi connectivity index (χ1v) is 8.96. The van der Waals surface area contributed by atoms with E-state index in [1.165, 1.54) is 11.3 Å². The van der Waals surface area contributed by atoms with Crippen LogP contribution < -0.4 is 11.1 Å². The normalized spacial score (nSPS) is 15.4. The molecule has 3 N–H and O–H groups in total. The number of nitrogens with one attached hydrogen (secondary N) is 1. The van der Waals surface area contributed by atoms with Crippen molar-refractivity contribution >= 4 is 35.3 Å². The molecule has 1 amide bonds. The zero-order valence-electron chi connectivity index (χ0n) is 13.8. The van der Waals surface area contributed by atoms with Crippen LogP contribution in [-0.2, 0) is 5.54 Å². The molecule has 9 heteroatoms. The lowest BCUT2D eigenvalue weighted by atomic mass is 9.99. The Bertz CT molecular complexity index is 889. The van der Waals surface area contributed by atoms with Crippen molar-refractivity contribution in [2.45, 2.75) is 31.2 Å². The fraction of sp³-hybridized carbons (Fsp3) is 0.294. The summed E-state index contributed by atoms with van der Waals surface area (Å²) in [6, 6.07) is 5.13. The lowest BCUT2D eigenvalue weighted by Gasteiger charge is -2.17. The van der Waals surface area contributed by atoms with Crippen molar-refractivity contribution in [1.82, 2.24) is 15.1 Å². The Kier molecular flexibility index (Phi) is 5.36. The van der Waals surface area contributed by atoms with Crippen LogP contribution in [0.3, 0.4) is 0 Å². The van der Waals surface area contributed by atoms with E-state index in [1.54, 1.807) is 24.5 Å². The van der Waals surface area contributed by atoms with E-state index in [9.17, 15) is 4.79 Å². The van der Waals surface area contributed by atoms with E-state index in [-0.39, 0.29) is 18.3 Å². The maximum Gasteiger partial charge on any atom is 0.270 e. The van der Waals surface area contributed by atoms with E-state index in [2.05, 4.69) is 20.4 Å². The molecule has 136 valence electrons. The number of anilines is 1. The van der Waals surface area contributed by atoms with Crippen molar-refractivity contribution in [3.8, 4) is 10.8 Å². The third-order valence-electron chi connectivity index (χ3n) is 4.42. The van der Waals surface area contributed by atoms with E-state index in [1.807, 2.05) is 11.4 Å². The van der Waals surface area contributed by atoms with Gasteiger partial charge in [0.15, 0.2) is 5.82 Å². The summed E-state index contributed by atoms with van der Waals surface area (Å²) in [5, 5.41) is 8.83. The van der Waals surface area contributed by atoms with Gasteiger partial charge in [-0.25, -0.2) is 0 Å². The van der Waals surface area contributed by atoms with Crippen LogP contribution in [0.2, 0.25) is 0 Å². The molecule has 0 atom stereocenters. The summed E-state index contributed by atoms with van der Waals surface area (Å²) in [5.41, 5.74) is 7.06. The van der Waals surface area contributed by atoms with Crippen molar-refractivity contribution in [3.05, 3.63) is 47.4 Å². The van der Waals surface area contributed by atoms with Crippen LogP contribution in [0.4, 0.5) is 5.69 Å². The highest BCUT2D eigenvalue weighted by atomic mass is 35.5. The van der Waals surface area contributed by atoms with Gasteiger partial charge in [0.2, 0.25) is 0 Å². The average molecular weight is 392 g/mol. The van der Waals surface area contributed by atoms with Crippen LogP contribution in [0.25, 0.3) is 10.8 Å². The van der Waals surface area contributed by atoms with Crippen molar-refractivity contribution < 1.29 is 9.32 Å². The van der Waals surface area contributed by atoms with E-state index < -0.39 is 5.54 Å². The molecule has 0 spiro atoms. The molecule has 4 rings (SSSR count). The van der Waals surface area contributed by atoms with E-state index in [0.717, 1.165) is 30.6 Å². The number of carbonyl (C=O) groups is 1. The standard InChI is InChI=1S/C17H17N5O2S.ClH/c18-17(6-1-2-7-17)16-21-15(24-22-16)13-12(5-10-25-13)20-14(23)11-3-8-19-9-4-11;/h3-5,8-10H,1-2,6-7,18H2,(H,20,23);1H. The number of pyridine rings is 1. The number of carbonyl (C=O) groups excluding carboxylic acids is 1. The zero-order valence-corrected chi connectivity index (χ0v) is 15.5. The van der Waals surface area contributed by atoms with Gasteiger partial charge >= 0.3 is 0 Å². The minimum absolute atomic E-state index is 0. The molecule has 0 radical (unpaired) electrons. The smallest absolute Gasteiger partial charge is 0.270 e. The number of hydrogen-bond donors (Lipinski definition) is 2. The molecular weight excluding hydrogens is 374 g/mol. The Hall–Kier alpha value is -2.29. The van der Waals surface area contributed by atoms with Crippen molar-refractivity contribution in [2.75, 3.05) is 5.32 Å². The Morgan fingerprint density at radius 3 is 2.69 bits per heavy atom. The number of nitrogens with two attached hydrogens (primary N) is 1. The van der Waals surface area contributed by atoms with Crippen molar-refractivity contribution in [3.63, 3.8) is 0 Å². The van der Waals surface area contributed by atoms with Gasteiger partial charge in [0.05, 0.1) is 11.2 Å². The van der Waals surface area contributed by atoms with Gasteiger partial charge in [-0.2, -0.15) is 4.98 Å². The molecule has 0 bridgehead atoms. The van der Waals surface area contributed by atoms with Crippen LogP contribution in [-0.4, -0.2) is 21.0 Å². The van der Waals surface area contributed by atoms with Gasteiger partial charge in [0.1, 0.15) is 4.88 Å². The third kappa shape index (κ3) is 3.48. The molecule has 1 saturated carbocycles. The summed E-state index contributed by atoms with van der Waals surface area (Å²) in [4.78, 5) is 21.5. The fourth-order valence-electron chi connectivity index (χ4n) is 3.02. The summed E-state index contributed by atoms with van der Waals surface area (Å²) in [6.45, 7) is 0. The number of hydrogen-bond acceptors (Lipinski definition) is 7. The number of halogens is 1. The van der Waals surface area contributed by atoms with Crippen molar-refractivity contribution in [1.29, 1.82) is 0 Å². The number of amides is 1. The minimum Gasteiger partial charge on any atom is -0.333 e. The fourth-order valence-corrected chi connectivity index (χ4v) is 3.79. The highest BCUT2D eigenvalue weighted by Crippen LogP contribution is 2.38. The monoisotopic (exact) mass is 391 g/mol. The van der Waals surface area contributed by atoms with Crippen molar-refractivity contribution in [2.24, 2.45) is 5.73 Å².